The van der Waals surface area contributed by atoms with Gasteiger partial charge in [0, 0.05) is 19.7 Å². The molecule has 98 valence electrons. The number of hydrogen-bond donors (Lipinski definition) is 0. The Kier molecular flexibility index (Phi) is 4.97. The van der Waals surface area contributed by atoms with Gasteiger partial charge in [-0.3, -0.25) is 14.5 Å². The third kappa shape index (κ3) is 4.25. The molecule has 0 spiro atoms. The van der Waals surface area contributed by atoms with Crippen LogP contribution in [0.15, 0.2) is 24.3 Å². The van der Waals surface area contributed by atoms with Gasteiger partial charge < -0.3 is 4.90 Å². The van der Waals surface area contributed by atoms with Crippen molar-refractivity contribution >= 4 is 11.7 Å². The smallest absolute Gasteiger partial charge is 0.236 e. The first-order chi connectivity index (χ1) is 8.40. The lowest BCUT2D eigenvalue weighted by Gasteiger charge is -2.18. The SMILES string of the molecule is CN(CC(=O)c1ccc(F)cc1)CC(=O)N(C)C. The molecule has 0 aliphatic heterocycles. The summed E-state index contributed by atoms with van der Waals surface area (Å²) >= 11 is 0. The number of amides is 1. The summed E-state index contributed by atoms with van der Waals surface area (Å²) in [6.45, 7) is 0.311. The molecule has 1 aromatic carbocycles. The van der Waals surface area contributed by atoms with E-state index in [0.717, 1.165) is 0 Å². The summed E-state index contributed by atoms with van der Waals surface area (Å²) < 4.78 is 12.7. The van der Waals surface area contributed by atoms with E-state index in [1.54, 1.807) is 26.0 Å². The summed E-state index contributed by atoms with van der Waals surface area (Å²) in [7, 11) is 5.03. The van der Waals surface area contributed by atoms with Crippen molar-refractivity contribution in [2.45, 2.75) is 0 Å². The van der Waals surface area contributed by atoms with Gasteiger partial charge in [0.2, 0.25) is 5.91 Å². The molecule has 0 atom stereocenters. The Morgan fingerprint density at radius 2 is 1.61 bits per heavy atom. The maximum Gasteiger partial charge on any atom is 0.236 e. The first kappa shape index (κ1) is 14.3. The van der Waals surface area contributed by atoms with Crippen molar-refractivity contribution in [3.63, 3.8) is 0 Å². The molecule has 4 nitrogen and oxygen atoms in total. The Morgan fingerprint density at radius 1 is 1.06 bits per heavy atom. The van der Waals surface area contributed by atoms with Crippen LogP contribution in [-0.4, -0.2) is 55.7 Å². The number of carbonyl (C=O) groups is 2. The summed E-state index contributed by atoms with van der Waals surface area (Å²) in [6.07, 6.45) is 0. The summed E-state index contributed by atoms with van der Waals surface area (Å²) in [4.78, 5) is 26.4. The second-order valence-electron chi connectivity index (χ2n) is 4.39. The van der Waals surface area contributed by atoms with E-state index >= 15 is 0 Å². The van der Waals surface area contributed by atoms with Crippen molar-refractivity contribution < 1.29 is 14.0 Å². The molecule has 0 saturated heterocycles. The number of hydrogen-bond acceptors (Lipinski definition) is 3. The number of Topliss-reactive ketones (excluding diaryl/α,β-unsaturated/α-hetero) is 1. The normalized spacial score (nSPS) is 10.5. The van der Waals surface area contributed by atoms with E-state index < -0.39 is 0 Å². The lowest BCUT2D eigenvalue weighted by Crippen LogP contribution is -2.36. The predicted octanol–water partition coefficient (Wildman–Crippen LogP) is 1.03. The number of halogens is 1. The topological polar surface area (TPSA) is 40.6 Å². The minimum Gasteiger partial charge on any atom is -0.348 e. The molecule has 1 rings (SSSR count). The number of rotatable bonds is 5. The minimum absolute atomic E-state index is 0.0654. The highest BCUT2D eigenvalue weighted by Gasteiger charge is 2.13. The third-order valence-corrected chi connectivity index (χ3v) is 2.48. The Balaban J connectivity index is 2.54. The number of carbonyl (C=O) groups excluding carboxylic acids is 2. The van der Waals surface area contributed by atoms with Crippen molar-refractivity contribution in [3.8, 4) is 0 Å². The largest absolute Gasteiger partial charge is 0.348 e. The highest BCUT2D eigenvalue weighted by molar-refractivity contribution is 5.97. The van der Waals surface area contributed by atoms with Crippen LogP contribution in [0.5, 0.6) is 0 Å². The van der Waals surface area contributed by atoms with Gasteiger partial charge in [0.15, 0.2) is 5.78 Å². The van der Waals surface area contributed by atoms with Crippen molar-refractivity contribution in [2.24, 2.45) is 0 Å². The van der Waals surface area contributed by atoms with Crippen LogP contribution < -0.4 is 0 Å². The van der Waals surface area contributed by atoms with E-state index in [1.807, 2.05) is 0 Å². The van der Waals surface area contributed by atoms with Gasteiger partial charge in [-0.2, -0.15) is 0 Å². The molecule has 1 aromatic rings. The second kappa shape index (κ2) is 6.26. The Bertz CT molecular complexity index is 429. The second-order valence-corrected chi connectivity index (χ2v) is 4.39. The lowest BCUT2D eigenvalue weighted by molar-refractivity contribution is -0.129. The van der Waals surface area contributed by atoms with Crippen molar-refractivity contribution in [2.75, 3.05) is 34.2 Å². The van der Waals surface area contributed by atoms with Gasteiger partial charge in [0.05, 0.1) is 13.1 Å². The monoisotopic (exact) mass is 252 g/mol. The summed E-state index contributed by atoms with van der Waals surface area (Å²) in [5, 5.41) is 0. The standard InChI is InChI=1S/C13H17FN2O2/c1-15(2)13(18)9-16(3)8-12(17)10-4-6-11(14)7-5-10/h4-7H,8-9H2,1-3H3. The third-order valence-electron chi connectivity index (χ3n) is 2.48. The fraction of sp³-hybridized carbons (Fsp3) is 0.385. The van der Waals surface area contributed by atoms with Crippen LogP contribution in [0, 0.1) is 5.82 Å². The van der Waals surface area contributed by atoms with Gasteiger partial charge in [-0.25, -0.2) is 4.39 Å². The van der Waals surface area contributed by atoms with Crippen molar-refractivity contribution in [1.29, 1.82) is 0 Å². The molecular formula is C13H17FN2O2. The molecule has 0 heterocycles. The van der Waals surface area contributed by atoms with Crippen LogP contribution >= 0.6 is 0 Å². The summed E-state index contributed by atoms with van der Waals surface area (Å²) in [5.74, 6) is -0.573. The number of benzene rings is 1. The molecule has 0 aromatic heterocycles. The molecule has 0 bridgehead atoms. The molecule has 0 aliphatic rings. The Labute approximate surface area is 106 Å². The molecule has 0 fully saturated rings. The fourth-order valence-electron chi connectivity index (χ4n) is 1.40. The summed E-state index contributed by atoms with van der Waals surface area (Å²) in [5.41, 5.74) is 0.445. The average Bonchev–Trinajstić information content (AvgIpc) is 2.29. The highest BCUT2D eigenvalue weighted by Crippen LogP contribution is 2.04. The molecule has 5 heteroatoms. The highest BCUT2D eigenvalue weighted by atomic mass is 19.1. The maximum absolute atomic E-state index is 12.7. The van der Waals surface area contributed by atoms with E-state index in [2.05, 4.69) is 0 Å². The van der Waals surface area contributed by atoms with E-state index in [-0.39, 0.29) is 30.6 Å². The minimum atomic E-state index is -0.373. The molecule has 18 heavy (non-hydrogen) atoms. The zero-order valence-corrected chi connectivity index (χ0v) is 10.8. The molecule has 0 saturated carbocycles. The van der Waals surface area contributed by atoms with Gasteiger partial charge in [-0.05, 0) is 31.3 Å². The molecule has 0 radical (unpaired) electrons. The van der Waals surface area contributed by atoms with E-state index in [4.69, 9.17) is 0 Å². The van der Waals surface area contributed by atoms with Crippen molar-refractivity contribution in [3.05, 3.63) is 35.6 Å². The van der Waals surface area contributed by atoms with Crippen LogP contribution in [0.3, 0.4) is 0 Å². The van der Waals surface area contributed by atoms with Crippen molar-refractivity contribution in [1.82, 2.24) is 9.80 Å². The zero-order chi connectivity index (χ0) is 13.7. The summed E-state index contributed by atoms with van der Waals surface area (Å²) in [6, 6.07) is 5.38. The van der Waals surface area contributed by atoms with Crippen LogP contribution in [0.2, 0.25) is 0 Å². The van der Waals surface area contributed by atoms with E-state index in [1.165, 1.54) is 29.2 Å². The quantitative estimate of drug-likeness (QED) is 0.735. The molecule has 0 aliphatic carbocycles. The zero-order valence-electron chi connectivity index (χ0n) is 10.8. The lowest BCUT2D eigenvalue weighted by atomic mass is 10.1. The van der Waals surface area contributed by atoms with Crippen LogP contribution in [0.4, 0.5) is 4.39 Å². The first-order valence-corrected chi connectivity index (χ1v) is 5.57. The Morgan fingerprint density at radius 3 is 2.11 bits per heavy atom. The number of ketones is 1. The fourth-order valence-corrected chi connectivity index (χ4v) is 1.40. The molecule has 1 amide bonds. The van der Waals surface area contributed by atoms with E-state index in [9.17, 15) is 14.0 Å². The van der Waals surface area contributed by atoms with Gasteiger partial charge in [0.1, 0.15) is 5.82 Å². The van der Waals surface area contributed by atoms with Gasteiger partial charge in [0.25, 0.3) is 0 Å². The van der Waals surface area contributed by atoms with Crippen LogP contribution in [-0.2, 0) is 4.79 Å². The maximum atomic E-state index is 12.7. The van der Waals surface area contributed by atoms with Gasteiger partial charge >= 0.3 is 0 Å². The predicted molar refractivity (Wildman–Crippen MR) is 66.9 cm³/mol. The first-order valence-electron chi connectivity index (χ1n) is 5.57. The van der Waals surface area contributed by atoms with Gasteiger partial charge in [-0.1, -0.05) is 0 Å². The van der Waals surface area contributed by atoms with E-state index in [0.29, 0.717) is 5.56 Å². The van der Waals surface area contributed by atoms with Crippen LogP contribution in [0.1, 0.15) is 10.4 Å². The Hall–Kier alpha value is -1.75. The molecular weight excluding hydrogens is 235 g/mol. The van der Waals surface area contributed by atoms with Crippen LogP contribution in [0.25, 0.3) is 0 Å². The average molecular weight is 252 g/mol. The number of nitrogens with zero attached hydrogens (tertiary/aromatic N) is 2. The molecule has 0 unspecified atom stereocenters. The number of likely N-dealkylation sites (N-methyl/N-ethyl adjacent to an activating group) is 2. The molecule has 0 N–H and O–H groups in total. The van der Waals surface area contributed by atoms with Gasteiger partial charge in [-0.15, -0.1) is 0 Å².